The van der Waals surface area contributed by atoms with Crippen LogP contribution in [0.15, 0.2) is 29.1 Å². The fourth-order valence-corrected chi connectivity index (χ4v) is 5.42. The number of amides is 1. The predicted molar refractivity (Wildman–Crippen MR) is 153 cm³/mol. The molecule has 5 rings (SSSR count). The maximum absolute atomic E-state index is 13.5. The second-order valence-corrected chi connectivity index (χ2v) is 12.5. The largest absolute Gasteiger partial charge is 0.460 e. The van der Waals surface area contributed by atoms with E-state index in [2.05, 4.69) is 5.32 Å². The quantitative estimate of drug-likeness (QED) is 0.273. The number of carbonyl (C=O) groups excluding carboxylic acids is 3. The SMILES string of the molecule is Cc1c2c(nc3ccc(OC(=O)[C@@H](NC(=O)OC(C)(C)C)C(C)C)cc13)-c1cc3c(c(=O)n1C2)COC(=O)CC3(C)O. The van der Waals surface area contributed by atoms with Crippen LogP contribution in [-0.2, 0) is 37.8 Å². The topological polar surface area (TPSA) is 146 Å². The summed E-state index contributed by atoms with van der Waals surface area (Å²) in [5.74, 6) is -1.17. The molecule has 0 radical (unpaired) electrons. The van der Waals surface area contributed by atoms with Crippen LogP contribution in [0.1, 0.15) is 70.2 Å². The Morgan fingerprint density at radius 3 is 2.55 bits per heavy atom. The zero-order valence-electron chi connectivity index (χ0n) is 24.8. The lowest BCUT2D eigenvalue weighted by Gasteiger charge is -2.24. The number of alkyl carbamates (subject to hydrolysis) is 1. The van der Waals surface area contributed by atoms with Crippen LogP contribution in [0.2, 0.25) is 0 Å². The standard InChI is InChI=1S/C31H35N3O8/c1-15(2)25(33-29(38)42-30(4,5)6)28(37)41-17-8-9-22-18(10-17)16(3)19-13-34-23(26(19)32-22)11-21-20(27(34)36)14-40-24(35)12-31(21,7)39/h8-11,15,25,39H,12-14H2,1-7H3,(H,33,38)/t25-,31?/m0/s1. The summed E-state index contributed by atoms with van der Waals surface area (Å²) in [4.78, 5) is 55.8. The van der Waals surface area contributed by atoms with E-state index in [1.807, 2.05) is 6.92 Å². The molecule has 2 aromatic heterocycles. The van der Waals surface area contributed by atoms with E-state index >= 15 is 0 Å². The van der Waals surface area contributed by atoms with Crippen molar-refractivity contribution in [2.45, 2.75) is 85.3 Å². The molecular weight excluding hydrogens is 542 g/mol. The molecule has 2 atom stereocenters. The Balaban J connectivity index is 1.47. The number of nitrogens with zero attached hydrogens (tertiary/aromatic N) is 2. The molecule has 1 unspecified atom stereocenters. The van der Waals surface area contributed by atoms with E-state index in [4.69, 9.17) is 19.2 Å². The zero-order valence-corrected chi connectivity index (χ0v) is 24.8. The number of ether oxygens (including phenoxy) is 3. The lowest BCUT2D eigenvalue weighted by Crippen LogP contribution is -2.48. The van der Waals surface area contributed by atoms with Crippen LogP contribution in [0.3, 0.4) is 0 Å². The molecule has 2 aliphatic rings. The molecule has 1 aromatic carbocycles. The number of hydrogen-bond acceptors (Lipinski definition) is 9. The number of rotatable bonds is 4. The number of nitrogens with one attached hydrogen (secondary N) is 1. The molecule has 222 valence electrons. The second kappa shape index (κ2) is 10.2. The van der Waals surface area contributed by atoms with Crippen LogP contribution in [0.4, 0.5) is 4.79 Å². The molecule has 11 heteroatoms. The lowest BCUT2D eigenvalue weighted by molar-refractivity contribution is -0.148. The van der Waals surface area contributed by atoms with Gasteiger partial charge < -0.3 is 29.2 Å². The van der Waals surface area contributed by atoms with Gasteiger partial charge in [-0.15, -0.1) is 0 Å². The summed E-state index contributed by atoms with van der Waals surface area (Å²) < 4.78 is 17.7. The van der Waals surface area contributed by atoms with Crippen molar-refractivity contribution >= 4 is 28.9 Å². The number of pyridine rings is 2. The van der Waals surface area contributed by atoms with Crippen LogP contribution >= 0.6 is 0 Å². The van der Waals surface area contributed by atoms with Gasteiger partial charge in [-0.1, -0.05) is 13.8 Å². The number of carbonyl (C=O) groups is 3. The Morgan fingerprint density at radius 1 is 1.17 bits per heavy atom. The van der Waals surface area contributed by atoms with Crippen molar-refractivity contribution in [1.29, 1.82) is 0 Å². The Kier molecular flexibility index (Phi) is 7.13. The highest BCUT2D eigenvalue weighted by Gasteiger charge is 2.37. The summed E-state index contributed by atoms with van der Waals surface area (Å²) in [6, 6.07) is 5.86. The van der Waals surface area contributed by atoms with E-state index in [0.29, 0.717) is 22.5 Å². The van der Waals surface area contributed by atoms with Gasteiger partial charge in [-0.05, 0) is 75.9 Å². The third-order valence-electron chi connectivity index (χ3n) is 7.56. The first-order valence-electron chi connectivity index (χ1n) is 13.9. The third-order valence-corrected chi connectivity index (χ3v) is 7.56. The average molecular weight is 578 g/mol. The van der Waals surface area contributed by atoms with Gasteiger partial charge >= 0.3 is 18.0 Å². The van der Waals surface area contributed by atoms with Crippen LogP contribution in [0.5, 0.6) is 5.75 Å². The molecule has 11 nitrogen and oxygen atoms in total. The van der Waals surface area contributed by atoms with Crippen molar-refractivity contribution in [2.24, 2.45) is 5.92 Å². The molecule has 0 saturated heterocycles. The molecule has 0 spiro atoms. The number of benzene rings is 1. The van der Waals surface area contributed by atoms with Gasteiger partial charge in [-0.3, -0.25) is 9.59 Å². The average Bonchev–Trinajstić information content (AvgIpc) is 3.19. The molecule has 3 aromatic rings. The number of esters is 2. The van der Waals surface area contributed by atoms with Crippen molar-refractivity contribution in [3.05, 3.63) is 56.9 Å². The first kappa shape index (κ1) is 29.2. The molecule has 1 amide bonds. The number of cyclic esters (lactones) is 1. The van der Waals surface area contributed by atoms with Crippen molar-refractivity contribution in [1.82, 2.24) is 14.9 Å². The minimum Gasteiger partial charge on any atom is -0.460 e. The maximum atomic E-state index is 13.5. The van der Waals surface area contributed by atoms with Gasteiger partial charge in [0.15, 0.2) is 0 Å². The predicted octanol–water partition coefficient (Wildman–Crippen LogP) is 3.84. The lowest BCUT2D eigenvalue weighted by atomic mass is 9.89. The molecular formula is C31H35N3O8. The van der Waals surface area contributed by atoms with Crippen molar-refractivity contribution in [2.75, 3.05) is 0 Å². The van der Waals surface area contributed by atoms with Gasteiger partial charge in [0.05, 0.1) is 41.0 Å². The minimum absolute atomic E-state index is 0.205. The van der Waals surface area contributed by atoms with Crippen molar-refractivity contribution in [3.8, 4) is 17.1 Å². The monoisotopic (exact) mass is 577 g/mol. The Labute approximate surface area is 242 Å². The summed E-state index contributed by atoms with van der Waals surface area (Å²) in [6.07, 6.45) is -0.967. The first-order valence-corrected chi connectivity index (χ1v) is 13.9. The Morgan fingerprint density at radius 2 is 1.88 bits per heavy atom. The minimum atomic E-state index is -1.56. The molecule has 0 bridgehead atoms. The summed E-state index contributed by atoms with van der Waals surface area (Å²) in [6.45, 7) is 12.3. The molecule has 42 heavy (non-hydrogen) atoms. The smallest absolute Gasteiger partial charge is 0.408 e. The van der Waals surface area contributed by atoms with Gasteiger partial charge in [0.2, 0.25) is 0 Å². The van der Waals surface area contributed by atoms with Gasteiger partial charge in [0.1, 0.15) is 24.0 Å². The summed E-state index contributed by atoms with van der Waals surface area (Å²) in [7, 11) is 0. The number of aromatic nitrogens is 2. The van der Waals surface area contributed by atoms with E-state index in [-0.39, 0.29) is 42.4 Å². The summed E-state index contributed by atoms with van der Waals surface area (Å²) in [5.41, 5.74) is 1.46. The van der Waals surface area contributed by atoms with Gasteiger partial charge in [-0.25, -0.2) is 14.6 Å². The van der Waals surface area contributed by atoms with Gasteiger partial charge in [0.25, 0.3) is 5.56 Å². The summed E-state index contributed by atoms with van der Waals surface area (Å²) >= 11 is 0. The summed E-state index contributed by atoms with van der Waals surface area (Å²) in [5, 5.41) is 14.4. The van der Waals surface area contributed by atoms with Gasteiger partial charge in [-0.2, -0.15) is 0 Å². The van der Waals surface area contributed by atoms with Gasteiger partial charge in [0, 0.05) is 10.9 Å². The Bertz CT molecular complexity index is 1700. The van der Waals surface area contributed by atoms with E-state index in [0.717, 1.165) is 16.5 Å². The normalized spacial score (nSPS) is 18.5. The fraction of sp³-hybridized carbons (Fsp3) is 0.452. The van der Waals surface area contributed by atoms with E-state index in [1.165, 1.54) is 6.92 Å². The molecule has 0 saturated carbocycles. The van der Waals surface area contributed by atoms with E-state index in [9.17, 15) is 24.3 Å². The fourth-order valence-electron chi connectivity index (χ4n) is 5.42. The van der Waals surface area contributed by atoms with Crippen LogP contribution in [0.25, 0.3) is 22.3 Å². The molecule has 2 aliphatic heterocycles. The highest BCUT2D eigenvalue weighted by atomic mass is 16.6. The molecule has 0 aliphatic carbocycles. The van der Waals surface area contributed by atoms with E-state index in [1.54, 1.807) is 63.5 Å². The highest BCUT2D eigenvalue weighted by Crippen LogP contribution is 2.39. The van der Waals surface area contributed by atoms with Crippen molar-refractivity contribution in [3.63, 3.8) is 0 Å². The molecule has 0 fully saturated rings. The number of aliphatic hydroxyl groups is 1. The third kappa shape index (κ3) is 5.36. The molecule has 2 N–H and O–H groups in total. The number of aryl methyl sites for hydroxylation is 1. The van der Waals surface area contributed by atoms with E-state index < -0.39 is 35.3 Å². The number of hydrogen-bond donors (Lipinski definition) is 2. The van der Waals surface area contributed by atoms with Crippen LogP contribution in [-0.4, -0.2) is 44.3 Å². The highest BCUT2D eigenvalue weighted by molar-refractivity contribution is 5.90. The maximum Gasteiger partial charge on any atom is 0.408 e. The Hall–Kier alpha value is -4.25. The zero-order chi connectivity index (χ0) is 30.7. The van der Waals surface area contributed by atoms with Crippen molar-refractivity contribution < 1.29 is 33.7 Å². The number of fused-ring (bicyclic) bond motifs is 5. The first-order chi connectivity index (χ1) is 19.6. The van der Waals surface area contributed by atoms with Crippen LogP contribution < -0.4 is 15.6 Å². The second-order valence-electron chi connectivity index (χ2n) is 12.5. The van der Waals surface area contributed by atoms with Crippen LogP contribution in [0, 0.1) is 12.8 Å². The molecule has 4 heterocycles.